The zero-order valence-electron chi connectivity index (χ0n) is 37.1. The van der Waals surface area contributed by atoms with Crippen molar-refractivity contribution in [2.75, 3.05) is 9.80 Å². The second-order valence-electron chi connectivity index (χ2n) is 19.5. The maximum absolute atomic E-state index is 2.62. The molecule has 0 N–H and O–H groups in total. The van der Waals surface area contributed by atoms with Crippen molar-refractivity contribution in [2.45, 2.75) is 93.9 Å². The summed E-state index contributed by atoms with van der Waals surface area (Å²) in [7, 11) is 0. The molecule has 7 aromatic rings. The van der Waals surface area contributed by atoms with E-state index in [1.807, 2.05) is 0 Å². The van der Waals surface area contributed by atoms with Gasteiger partial charge in [-0.2, -0.15) is 0 Å². The van der Waals surface area contributed by atoms with Crippen molar-refractivity contribution in [3.05, 3.63) is 172 Å². The maximum atomic E-state index is 2.62. The summed E-state index contributed by atoms with van der Waals surface area (Å²) in [6.07, 6.45) is 0. The van der Waals surface area contributed by atoms with Crippen LogP contribution in [0.4, 0.5) is 34.1 Å². The minimum absolute atomic E-state index is 0.0104. The van der Waals surface area contributed by atoms with Crippen LogP contribution in [0, 0.1) is 41.5 Å². The van der Waals surface area contributed by atoms with Gasteiger partial charge in [0, 0.05) is 22.7 Å². The van der Waals surface area contributed by atoms with Crippen LogP contribution in [0.2, 0.25) is 0 Å². The predicted molar refractivity (Wildman–Crippen MR) is 257 cm³/mol. The average molecular weight is 769 g/mol. The zero-order valence-corrected chi connectivity index (χ0v) is 37.1. The molecule has 2 heterocycles. The highest BCUT2D eigenvalue weighted by molar-refractivity contribution is 7.00. The molecule has 7 aromatic carbocycles. The molecule has 0 fully saturated rings. The van der Waals surface area contributed by atoms with E-state index in [4.69, 9.17) is 0 Å². The molecule has 0 radical (unpaired) electrons. The molecule has 0 unspecified atom stereocenters. The van der Waals surface area contributed by atoms with Gasteiger partial charge in [0.15, 0.2) is 0 Å². The van der Waals surface area contributed by atoms with Crippen LogP contribution in [0.5, 0.6) is 0 Å². The van der Waals surface area contributed by atoms with Crippen molar-refractivity contribution < 1.29 is 0 Å². The number of hydrogen-bond acceptors (Lipinski definition) is 2. The Kier molecular flexibility index (Phi) is 9.12. The van der Waals surface area contributed by atoms with Gasteiger partial charge in [0.1, 0.15) is 0 Å². The molecular weight excluding hydrogens is 711 g/mol. The molecule has 0 aromatic heterocycles. The van der Waals surface area contributed by atoms with Gasteiger partial charge in [-0.25, -0.2) is 0 Å². The van der Waals surface area contributed by atoms with Crippen LogP contribution < -0.4 is 26.2 Å². The summed E-state index contributed by atoms with van der Waals surface area (Å²) in [4.78, 5) is 5.25. The quantitative estimate of drug-likeness (QED) is 0.165. The minimum atomic E-state index is -0.102. The van der Waals surface area contributed by atoms with Gasteiger partial charge in [0.05, 0.1) is 11.4 Å². The van der Waals surface area contributed by atoms with Crippen LogP contribution in [0.3, 0.4) is 0 Å². The summed E-state index contributed by atoms with van der Waals surface area (Å²) in [6, 6.07) is 48.9. The molecule has 2 aliphatic rings. The van der Waals surface area contributed by atoms with Crippen LogP contribution in [0.15, 0.2) is 127 Å². The summed E-state index contributed by atoms with van der Waals surface area (Å²) in [5, 5.41) is 0. The Hall–Kier alpha value is -5.80. The van der Waals surface area contributed by atoms with Crippen molar-refractivity contribution in [3.63, 3.8) is 0 Å². The van der Waals surface area contributed by atoms with Crippen molar-refractivity contribution >= 4 is 57.2 Å². The fraction of sp³-hybridized carbons (Fsp3) is 0.250. The first-order chi connectivity index (χ1) is 28.0. The summed E-state index contributed by atoms with van der Waals surface area (Å²) < 4.78 is 0. The Bertz CT molecular complexity index is 2570. The number of anilines is 6. The number of aryl methyl sites for hydroxylation is 6. The van der Waals surface area contributed by atoms with Gasteiger partial charge < -0.3 is 9.80 Å². The first-order valence-electron chi connectivity index (χ1n) is 21.4. The van der Waals surface area contributed by atoms with Crippen molar-refractivity contribution in [1.29, 1.82) is 0 Å². The molecule has 294 valence electrons. The Labute approximate surface area is 353 Å². The minimum Gasteiger partial charge on any atom is -0.311 e. The van der Waals surface area contributed by atoms with E-state index >= 15 is 0 Å². The standard InChI is InChI=1S/C56H57BN2/c1-34-26-36(3)53(37(4)27-34)58-48-24-19-25-49-52(48)57(46-30-42(40-20-15-13-16-21-40)44(32-50(46)58)55(7,8)9)47-31-43(41-22-17-14-18-23-41)45(56(10,11)12)33-51(47)59(49)54-38(5)28-35(2)29-39(54)6/h13-33H,1-12H3. The zero-order chi connectivity index (χ0) is 41.7. The highest BCUT2D eigenvalue weighted by Gasteiger charge is 2.45. The van der Waals surface area contributed by atoms with Crippen LogP contribution in [0.1, 0.15) is 86.1 Å². The third-order valence-electron chi connectivity index (χ3n) is 12.8. The predicted octanol–water partition coefficient (Wildman–Crippen LogP) is 13.5. The van der Waals surface area contributed by atoms with Gasteiger partial charge in [0.2, 0.25) is 0 Å². The van der Waals surface area contributed by atoms with Gasteiger partial charge in [-0.1, -0.05) is 156 Å². The van der Waals surface area contributed by atoms with Crippen LogP contribution in [-0.2, 0) is 10.8 Å². The molecule has 0 spiro atoms. The van der Waals surface area contributed by atoms with E-state index in [9.17, 15) is 0 Å². The molecule has 3 heteroatoms. The highest BCUT2D eigenvalue weighted by Crippen LogP contribution is 2.50. The molecule has 0 saturated carbocycles. The van der Waals surface area contributed by atoms with E-state index in [-0.39, 0.29) is 17.5 Å². The molecule has 0 amide bonds. The third-order valence-corrected chi connectivity index (χ3v) is 12.8. The largest absolute Gasteiger partial charge is 0.311 e. The number of benzene rings is 7. The van der Waals surface area contributed by atoms with E-state index in [0.717, 1.165) is 0 Å². The fourth-order valence-electron chi connectivity index (χ4n) is 10.5. The van der Waals surface area contributed by atoms with E-state index in [1.165, 1.54) is 117 Å². The maximum Gasteiger partial charge on any atom is 0.252 e. The number of rotatable bonds is 4. The average Bonchev–Trinajstić information content (AvgIpc) is 3.17. The van der Waals surface area contributed by atoms with E-state index in [2.05, 4.69) is 220 Å². The Morgan fingerprint density at radius 2 is 0.746 bits per heavy atom. The smallest absolute Gasteiger partial charge is 0.252 e. The summed E-state index contributed by atoms with van der Waals surface area (Å²) in [5.41, 5.74) is 27.0. The van der Waals surface area contributed by atoms with Crippen LogP contribution in [-0.4, -0.2) is 6.71 Å². The molecule has 0 atom stereocenters. The molecule has 9 rings (SSSR count). The van der Waals surface area contributed by atoms with Gasteiger partial charge in [-0.3, -0.25) is 0 Å². The molecule has 2 aliphatic heterocycles. The fourth-order valence-corrected chi connectivity index (χ4v) is 10.5. The Balaban J connectivity index is 1.48. The van der Waals surface area contributed by atoms with E-state index in [0.29, 0.717) is 0 Å². The SMILES string of the molecule is Cc1cc(C)c(N2c3cc(C(C)(C)C)c(-c4ccccc4)cc3B3c4cc(-c5ccccc5)c(C(C)(C)C)cc4N(c4c(C)cc(C)cc4C)c4cccc2c43)c(C)c1. The lowest BCUT2D eigenvalue weighted by molar-refractivity contribution is 0.592. The van der Waals surface area contributed by atoms with E-state index in [1.54, 1.807) is 0 Å². The second-order valence-corrected chi connectivity index (χ2v) is 19.5. The molecule has 0 saturated heterocycles. The molecule has 2 nitrogen and oxygen atoms in total. The molecule has 0 bridgehead atoms. The van der Waals surface area contributed by atoms with Crippen molar-refractivity contribution in [1.82, 2.24) is 0 Å². The number of nitrogens with zero attached hydrogens (tertiary/aromatic N) is 2. The van der Waals surface area contributed by atoms with Crippen LogP contribution in [0.25, 0.3) is 22.3 Å². The second kappa shape index (κ2) is 13.9. The number of hydrogen-bond donors (Lipinski definition) is 0. The lowest BCUT2D eigenvalue weighted by Crippen LogP contribution is -2.61. The normalized spacial score (nSPS) is 13.3. The topological polar surface area (TPSA) is 6.48 Å². The van der Waals surface area contributed by atoms with Crippen molar-refractivity contribution in [2.24, 2.45) is 0 Å². The van der Waals surface area contributed by atoms with Gasteiger partial charge in [-0.15, -0.1) is 0 Å². The number of fused-ring (bicyclic) bond motifs is 4. The molecule has 0 aliphatic carbocycles. The van der Waals surface area contributed by atoms with Gasteiger partial charge >= 0.3 is 0 Å². The van der Waals surface area contributed by atoms with Gasteiger partial charge in [0.25, 0.3) is 6.71 Å². The first-order valence-corrected chi connectivity index (χ1v) is 21.4. The van der Waals surface area contributed by atoms with E-state index < -0.39 is 0 Å². The van der Waals surface area contributed by atoms with Crippen molar-refractivity contribution in [3.8, 4) is 22.3 Å². The summed E-state index contributed by atoms with van der Waals surface area (Å²) >= 11 is 0. The molecule has 59 heavy (non-hydrogen) atoms. The highest BCUT2D eigenvalue weighted by atomic mass is 15.2. The lowest BCUT2D eigenvalue weighted by atomic mass is 9.33. The summed E-state index contributed by atoms with van der Waals surface area (Å²) in [6.45, 7) is 27.8. The molecular formula is C56H57BN2. The summed E-state index contributed by atoms with van der Waals surface area (Å²) in [5.74, 6) is 0. The van der Waals surface area contributed by atoms with Gasteiger partial charge in [-0.05, 0) is 149 Å². The lowest BCUT2D eigenvalue weighted by Gasteiger charge is -2.46. The Morgan fingerprint density at radius 1 is 0.390 bits per heavy atom. The monoisotopic (exact) mass is 768 g/mol. The van der Waals surface area contributed by atoms with Crippen LogP contribution >= 0.6 is 0 Å². The first kappa shape index (κ1) is 38.7. The Morgan fingerprint density at radius 3 is 1.08 bits per heavy atom. The third kappa shape index (κ3) is 6.33.